The minimum Gasteiger partial charge on any atom is -0.394 e. The molecule has 1 aliphatic rings. The van der Waals surface area contributed by atoms with E-state index in [4.69, 9.17) is 20.3 Å². The molecule has 3 atom stereocenters. The summed E-state index contributed by atoms with van der Waals surface area (Å²) in [4.78, 5) is 0. The molecule has 1 heterocycles. The van der Waals surface area contributed by atoms with E-state index >= 15 is 0 Å². The smallest absolute Gasteiger partial charge is 0.0954 e. The number of aliphatic hydroxyl groups is 1. The molecule has 0 saturated carbocycles. The highest BCUT2D eigenvalue weighted by atomic mass is 16.5. The first-order valence-corrected chi connectivity index (χ1v) is 5.33. The first-order valence-electron chi connectivity index (χ1n) is 5.33. The van der Waals surface area contributed by atoms with Gasteiger partial charge in [0.25, 0.3) is 0 Å². The summed E-state index contributed by atoms with van der Waals surface area (Å²) in [5.74, 6) is 0. The van der Waals surface area contributed by atoms with E-state index in [0.29, 0.717) is 6.61 Å². The Labute approximate surface area is 85.4 Å². The number of ether oxygens (including phenoxy) is 2. The topological polar surface area (TPSA) is 64.7 Å². The van der Waals surface area contributed by atoms with E-state index in [9.17, 15) is 0 Å². The predicted molar refractivity (Wildman–Crippen MR) is 54.1 cm³/mol. The highest BCUT2D eigenvalue weighted by Crippen LogP contribution is 2.13. The van der Waals surface area contributed by atoms with Crippen LogP contribution in [0.5, 0.6) is 0 Å². The van der Waals surface area contributed by atoms with Gasteiger partial charge in [-0.05, 0) is 26.2 Å². The second-order valence-electron chi connectivity index (χ2n) is 3.90. The maximum absolute atomic E-state index is 8.98. The minimum absolute atomic E-state index is 0.0234. The van der Waals surface area contributed by atoms with Crippen molar-refractivity contribution >= 4 is 0 Å². The molecule has 1 saturated heterocycles. The van der Waals surface area contributed by atoms with Gasteiger partial charge in [-0.3, -0.25) is 0 Å². The van der Waals surface area contributed by atoms with Crippen molar-refractivity contribution in [3.63, 3.8) is 0 Å². The Bertz CT molecular complexity index is 146. The Morgan fingerprint density at radius 3 is 2.86 bits per heavy atom. The second kappa shape index (κ2) is 6.35. The molecule has 0 spiro atoms. The monoisotopic (exact) mass is 203 g/mol. The van der Waals surface area contributed by atoms with E-state index < -0.39 is 0 Å². The van der Waals surface area contributed by atoms with Gasteiger partial charge in [-0.25, -0.2) is 0 Å². The molecule has 0 aromatic heterocycles. The molecule has 4 heteroatoms. The number of hydrogen-bond acceptors (Lipinski definition) is 4. The molecule has 1 fully saturated rings. The average molecular weight is 203 g/mol. The van der Waals surface area contributed by atoms with Crippen molar-refractivity contribution in [3.05, 3.63) is 0 Å². The molecule has 0 aliphatic carbocycles. The van der Waals surface area contributed by atoms with Crippen molar-refractivity contribution in [1.29, 1.82) is 0 Å². The molecule has 14 heavy (non-hydrogen) atoms. The molecular weight excluding hydrogens is 182 g/mol. The summed E-state index contributed by atoms with van der Waals surface area (Å²) in [5.41, 5.74) is 5.64. The van der Waals surface area contributed by atoms with Gasteiger partial charge in [-0.15, -0.1) is 0 Å². The Morgan fingerprint density at radius 1 is 1.57 bits per heavy atom. The van der Waals surface area contributed by atoms with Crippen LogP contribution < -0.4 is 5.73 Å². The van der Waals surface area contributed by atoms with Crippen molar-refractivity contribution in [2.24, 2.45) is 5.73 Å². The van der Waals surface area contributed by atoms with E-state index in [1.165, 1.54) is 6.42 Å². The van der Waals surface area contributed by atoms with Gasteiger partial charge in [-0.1, -0.05) is 0 Å². The van der Waals surface area contributed by atoms with Gasteiger partial charge in [-0.2, -0.15) is 0 Å². The Balaban J connectivity index is 2.16. The second-order valence-corrected chi connectivity index (χ2v) is 3.90. The number of rotatable bonds is 5. The van der Waals surface area contributed by atoms with Crippen LogP contribution in [0, 0.1) is 0 Å². The number of hydrogen-bond donors (Lipinski definition) is 2. The molecule has 0 bridgehead atoms. The Hall–Kier alpha value is -0.160. The zero-order chi connectivity index (χ0) is 10.4. The average Bonchev–Trinajstić information content (AvgIpc) is 2.20. The number of aliphatic hydroxyl groups excluding tert-OH is 1. The van der Waals surface area contributed by atoms with Crippen molar-refractivity contribution in [2.75, 3.05) is 19.8 Å². The highest BCUT2D eigenvalue weighted by molar-refractivity contribution is 4.69. The molecule has 0 aromatic rings. The lowest BCUT2D eigenvalue weighted by molar-refractivity contribution is -0.0780. The quantitative estimate of drug-likeness (QED) is 0.673. The van der Waals surface area contributed by atoms with Crippen molar-refractivity contribution in [2.45, 2.75) is 44.4 Å². The lowest BCUT2D eigenvalue weighted by Gasteiger charge is -2.26. The standard InChI is InChI=1S/C10H21NO3/c1-8(11)10(6-12)14-7-9-4-2-3-5-13-9/h8-10,12H,2-7,11H2,1H3. The molecule has 3 N–H and O–H groups in total. The van der Waals surface area contributed by atoms with Crippen molar-refractivity contribution < 1.29 is 14.6 Å². The fourth-order valence-corrected chi connectivity index (χ4v) is 1.54. The molecule has 1 aliphatic heterocycles. The lowest BCUT2D eigenvalue weighted by atomic mass is 10.1. The van der Waals surface area contributed by atoms with E-state index in [-0.39, 0.29) is 24.9 Å². The maximum Gasteiger partial charge on any atom is 0.0954 e. The predicted octanol–water partition coefficient (Wildman–Crippen LogP) is 0.280. The molecular formula is C10H21NO3. The molecule has 0 radical (unpaired) electrons. The third kappa shape index (κ3) is 3.92. The van der Waals surface area contributed by atoms with Crippen LogP contribution in [-0.2, 0) is 9.47 Å². The maximum atomic E-state index is 8.98. The van der Waals surface area contributed by atoms with Gasteiger partial charge in [0.15, 0.2) is 0 Å². The van der Waals surface area contributed by atoms with Crippen LogP contribution in [-0.4, -0.2) is 43.2 Å². The van der Waals surface area contributed by atoms with Gasteiger partial charge in [0, 0.05) is 12.6 Å². The van der Waals surface area contributed by atoms with Crippen LogP contribution in [0.3, 0.4) is 0 Å². The van der Waals surface area contributed by atoms with E-state index in [0.717, 1.165) is 19.4 Å². The first-order chi connectivity index (χ1) is 6.74. The van der Waals surface area contributed by atoms with Crippen LogP contribution in [0.1, 0.15) is 26.2 Å². The van der Waals surface area contributed by atoms with Crippen molar-refractivity contribution in [1.82, 2.24) is 0 Å². The van der Waals surface area contributed by atoms with Gasteiger partial charge < -0.3 is 20.3 Å². The molecule has 0 amide bonds. The van der Waals surface area contributed by atoms with Gasteiger partial charge in [0.1, 0.15) is 0 Å². The van der Waals surface area contributed by atoms with Crippen LogP contribution >= 0.6 is 0 Å². The van der Waals surface area contributed by atoms with Crippen LogP contribution in [0.15, 0.2) is 0 Å². The first kappa shape index (κ1) is 11.9. The fourth-order valence-electron chi connectivity index (χ4n) is 1.54. The van der Waals surface area contributed by atoms with E-state index in [1.54, 1.807) is 0 Å². The number of nitrogens with two attached hydrogens (primary N) is 1. The summed E-state index contributed by atoms with van der Waals surface area (Å²) in [6, 6.07) is -0.136. The summed E-state index contributed by atoms with van der Waals surface area (Å²) in [6.45, 7) is 3.19. The molecule has 3 unspecified atom stereocenters. The minimum atomic E-state index is -0.263. The molecule has 4 nitrogen and oxygen atoms in total. The largest absolute Gasteiger partial charge is 0.394 e. The summed E-state index contributed by atoms with van der Waals surface area (Å²) in [5, 5.41) is 8.98. The summed E-state index contributed by atoms with van der Waals surface area (Å²) in [7, 11) is 0. The highest BCUT2D eigenvalue weighted by Gasteiger charge is 2.18. The third-order valence-electron chi connectivity index (χ3n) is 2.54. The van der Waals surface area contributed by atoms with Gasteiger partial charge in [0.05, 0.1) is 25.4 Å². The molecule has 0 aromatic carbocycles. The van der Waals surface area contributed by atoms with Gasteiger partial charge >= 0.3 is 0 Å². The van der Waals surface area contributed by atoms with Crippen LogP contribution in [0.4, 0.5) is 0 Å². The van der Waals surface area contributed by atoms with Gasteiger partial charge in [0.2, 0.25) is 0 Å². The normalized spacial score (nSPS) is 27.2. The third-order valence-corrected chi connectivity index (χ3v) is 2.54. The molecule has 1 rings (SSSR count). The zero-order valence-corrected chi connectivity index (χ0v) is 8.82. The molecule has 84 valence electrons. The van der Waals surface area contributed by atoms with Crippen LogP contribution in [0.25, 0.3) is 0 Å². The van der Waals surface area contributed by atoms with Crippen LogP contribution in [0.2, 0.25) is 0 Å². The Morgan fingerprint density at radius 2 is 2.36 bits per heavy atom. The SMILES string of the molecule is CC(N)C(CO)OCC1CCCCO1. The van der Waals surface area contributed by atoms with E-state index in [1.807, 2.05) is 6.92 Å². The van der Waals surface area contributed by atoms with E-state index in [2.05, 4.69) is 0 Å². The summed E-state index contributed by atoms with van der Waals surface area (Å²) >= 11 is 0. The lowest BCUT2D eigenvalue weighted by Crippen LogP contribution is -2.39. The fraction of sp³-hybridized carbons (Fsp3) is 1.00. The summed E-state index contributed by atoms with van der Waals surface area (Å²) in [6.07, 6.45) is 3.33. The zero-order valence-electron chi connectivity index (χ0n) is 8.82. The van der Waals surface area contributed by atoms with Crippen molar-refractivity contribution in [3.8, 4) is 0 Å². The Kier molecular flexibility index (Phi) is 5.40. The summed E-state index contributed by atoms with van der Waals surface area (Å²) < 4.78 is 11.0.